The van der Waals surface area contributed by atoms with Gasteiger partial charge >= 0.3 is 0 Å². The number of nitrogens with zero attached hydrogens (tertiary/aromatic N) is 2. The summed E-state index contributed by atoms with van der Waals surface area (Å²) in [6, 6.07) is 7.39. The number of anilines is 1. The lowest BCUT2D eigenvalue weighted by atomic mass is 10.2. The minimum absolute atomic E-state index is 0.0542. The van der Waals surface area contributed by atoms with Crippen LogP contribution in [0.15, 0.2) is 24.3 Å². The lowest BCUT2D eigenvalue weighted by Crippen LogP contribution is -2.46. The fraction of sp³-hybridized carbons (Fsp3) is 0.588. The van der Waals surface area contributed by atoms with E-state index in [2.05, 4.69) is 22.0 Å². The van der Waals surface area contributed by atoms with Gasteiger partial charge in [-0.15, -0.1) is 0 Å². The van der Waals surface area contributed by atoms with Gasteiger partial charge in [0.25, 0.3) is 0 Å². The number of hydrogen-bond acceptors (Lipinski definition) is 5. The Morgan fingerprint density at radius 2 is 1.83 bits per heavy atom. The highest BCUT2D eigenvalue weighted by Crippen LogP contribution is 2.15. The molecule has 128 valence electrons. The first-order chi connectivity index (χ1) is 11.2. The third-order valence-electron chi connectivity index (χ3n) is 4.09. The van der Waals surface area contributed by atoms with E-state index >= 15 is 0 Å². The first-order valence-corrected chi connectivity index (χ1v) is 8.38. The van der Waals surface area contributed by atoms with Crippen molar-refractivity contribution in [1.82, 2.24) is 9.80 Å². The van der Waals surface area contributed by atoms with Crippen molar-refractivity contribution in [3.05, 3.63) is 24.3 Å². The van der Waals surface area contributed by atoms with Crippen molar-refractivity contribution < 1.29 is 9.53 Å². The van der Waals surface area contributed by atoms with Gasteiger partial charge in [0.2, 0.25) is 5.91 Å². The Balaban J connectivity index is 1.68. The second-order valence-electron chi connectivity index (χ2n) is 5.74. The molecule has 1 amide bonds. The van der Waals surface area contributed by atoms with Gasteiger partial charge < -0.3 is 25.6 Å². The van der Waals surface area contributed by atoms with Crippen LogP contribution in [0.25, 0.3) is 0 Å². The number of rotatable bonds is 8. The van der Waals surface area contributed by atoms with Crippen molar-refractivity contribution in [3.8, 4) is 5.75 Å². The Morgan fingerprint density at radius 3 is 2.43 bits per heavy atom. The molecule has 0 bridgehead atoms. The van der Waals surface area contributed by atoms with Crippen LogP contribution in [-0.4, -0.2) is 68.1 Å². The second kappa shape index (κ2) is 9.50. The molecule has 1 fully saturated rings. The van der Waals surface area contributed by atoms with Crippen LogP contribution in [0.2, 0.25) is 0 Å². The van der Waals surface area contributed by atoms with Crippen LogP contribution in [0.5, 0.6) is 5.75 Å². The molecular weight excluding hydrogens is 292 g/mol. The van der Waals surface area contributed by atoms with E-state index in [-0.39, 0.29) is 5.91 Å². The molecule has 0 saturated carbocycles. The molecule has 2 rings (SSSR count). The van der Waals surface area contributed by atoms with Crippen LogP contribution in [-0.2, 0) is 4.79 Å². The van der Waals surface area contributed by atoms with Crippen LogP contribution in [0, 0.1) is 0 Å². The quantitative estimate of drug-likeness (QED) is 0.747. The molecular formula is C17H28N4O2. The molecule has 6 heteroatoms. The molecule has 6 nitrogen and oxygen atoms in total. The summed E-state index contributed by atoms with van der Waals surface area (Å²) in [4.78, 5) is 16.8. The highest BCUT2D eigenvalue weighted by molar-refractivity contribution is 5.90. The first-order valence-electron chi connectivity index (χ1n) is 8.38. The number of likely N-dealkylation sites (N-methyl/N-ethyl adjacent to an activating group) is 1. The molecule has 0 atom stereocenters. The van der Waals surface area contributed by atoms with Crippen LogP contribution >= 0.6 is 0 Å². The zero-order valence-electron chi connectivity index (χ0n) is 14.0. The lowest BCUT2D eigenvalue weighted by Gasteiger charge is -2.33. The molecule has 1 aromatic rings. The molecule has 1 heterocycles. The summed E-state index contributed by atoms with van der Waals surface area (Å²) in [6.07, 6.45) is 0.525. The number of ether oxygens (including phenoxy) is 1. The van der Waals surface area contributed by atoms with Crippen molar-refractivity contribution in [2.24, 2.45) is 5.73 Å². The fourth-order valence-corrected chi connectivity index (χ4v) is 2.62. The number of nitrogens with one attached hydrogen (secondary N) is 1. The summed E-state index contributed by atoms with van der Waals surface area (Å²) in [5.74, 6) is 0.820. The molecule has 0 radical (unpaired) electrons. The SMILES string of the molecule is CCN1CCN(CCC(=O)Nc2ccc(OCCN)cc2)CC1. The molecule has 0 aromatic heterocycles. The van der Waals surface area contributed by atoms with Gasteiger partial charge in [0.1, 0.15) is 12.4 Å². The maximum absolute atomic E-state index is 12.0. The molecule has 0 spiro atoms. The minimum atomic E-state index is 0.0542. The van der Waals surface area contributed by atoms with Gasteiger partial charge in [0.05, 0.1) is 0 Å². The van der Waals surface area contributed by atoms with Crippen molar-refractivity contribution >= 4 is 11.6 Å². The van der Waals surface area contributed by atoms with E-state index in [0.29, 0.717) is 19.6 Å². The highest BCUT2D eigenvalue weighted by atomic mass is 16.5. The maximum Gasteiger partial charge on any atom is 0.225 e. The Bertz CT molecular complexity index is 470. The Labute approximate surface area is 138 Å². The second-order valence-corrected chi connectivity index (χ2v) is 5.74. The maximum atomic E-state index is 12.0. The summed E-state index contributed by atoms with van der Waals surface area (Å²) in [5.41, 5.74) is 6.19. The van der Waals surface area contributed by atoms with E-state index < -0.39 is 0 Å². The minimum Gasteiger partial charge on any atom is -0.492 e. The fourth-order valence-electron chi connectivity index (χ4n) is 2.62. The van der Waals surface area contributed by atoms with Crippen molar-refractivity contribution in [3.63, 3.8) is 0 Å². The van der Waals surface area contributed by atoms with Crippen LogP contribution in [0.1, 0.15) is 13.3 Å². The van der Waals surface area contributed by atoms with Gasteiger partial charge in [-0.2, -0.15) is 0 Å². The smallest absolute Gasteiger partial charge is 0.225 e. The zero-order chi connectivity index (χ0) is 16.5. The normalized spacial score (nSPS) is 16.3. The molecule has 0 unspecified atom stereocenters. The van der Waals surface area contributed by atoms with Crippen LogP contribution in [0.4, 0.5) is 5.69 Å². The Kier molecular flexibility index (Phi) is 7.32. The van der Waals surface area contributed by atoms with Crippen LogP contribution < -0.4 is 15.8 Å². The molecule has 23 heavy (non-hydrogen) atoms. The first kappa shape index (κ1) is 17.7. The lowest BCUT2D eigenvalue weighted by molar-refractivity contribution is -0.116. The summed E-state index contributed by atoms with van der Waals surface area (Å²) in [6.45, 7) is 9.41. The molecule has 0 aliphatic carbocycles. The van der Waals surface area contributed by atoms with Crippen molar-refractivity contribution in [1.29, 1.82) is 0 Å². The van der Waals surface area contributed by atoms with Crippen LogP contribution in [0.3, 0.4) is 0 Å². The number of hydrogen-bond donors (Lipinski definition) is 2. The van der Waals surface area contributed by atoms with E-state index in [4.69, 9.17) is 10.5 Å². The monoisotopic (exact) mass is 320 g/mol. The molecule has 1 aliphatic rings. The highest BCUT2D eigenvalue weighted by Gasteiger charge is 2.16. The summed E-state index contributed by atoms with van der Waals surface area (Å²) in [5, 5.41) is 2.93. The molecule has 1 aromatic carbocycles. The van der Waals surface area contributed by atoms with Gasteiger partial charge in [0, 0.05) is 51.4 Å². The van der Waals surface area contributed by atoms with Gasteiger partial charge in [-0.1, -0.05) is 6.92 Å². The van der Waals surface area contributed by atoms with E-state index in [0.717, 1.165) is 50.7 Å². The summed E-state index contributed by atoms with van der Waals surface area (Å²) < 4.78 is 5.41. The predicted molar refractivity (Wildman–Crippen MR) is 92.8 cm³/mol. The van der Waals surface area contributed by atoms with Gasteiger partial charge in [-0.05, 0) is 30.8 Å². The third kappa shape index (κ3) is 6.17. The van der Waals surface area contributed by atoms with E-state index in [9.17, 15) is 4.79 Å². The van der Waals surface area contributed by atoms with E-state index in [1.54, 1.807) is 0 Å². The average Bonchev–Trinajstić information content (AvgIpc) is 2.60. The molecule has 1 saturated heterocycles. The van der Waals surface area contributed by atoms with Crippen molar-refractivity contribution in [2.75, 3.05) is 57.7 Å². The van der Waals surface area contributed by atoms with Gasteiger partial charge in [-0.25, -0.2) is 0 Å². The standard InChI is InChI=1S/C17H28N4O2/c1-2-20-10-12-21(13-11-20)9-7-17(22)19-15-3-5-16(6-4-15)23-14-8-18/h3-6H,2,7-14,18H2,1H3,(H,19,22). The number of carbonyl (C=O) groups excluding carboxylic acids is 1. The third-order valence-corrected chi connectivity index (χ3v) is 4.09. The van der Waals surface area contributed by atoms with Crippen molar-refractivity contribution in [2.45, 2.75) is 13.3 Å². The largest absolute Gasteiger partial charge is 0.492 e. The summed E-state index contributed by atoms with van der Waals surface area (Å²) >= 11 is 0. The predicted octanol–water partition coefficient (Wildman–Crippen LogP) is 0.990. The van der Waals surface area contributed by atoms with E-state index in [1.807, 2.05) is 24.3 Å². The van der Waals surface area contributed by atoms with Gasteiger partial charge in [0.15, 0.2) is 0 Å². The zero-order valence-corrected chi connectivity index (χ0v) is 14.0. The number of nitrogens with two attached hydrogens (primary N) is 1. The molecule has 3 N–H and O–H groups in total. The molecule has 1 aliphatic heterocycles. The Hall–Kier alpha value is -1.63. The number of carbonyl (C=O) groups is 1. The topological polar surface area (TPSA) is 70.8 Å². The summed E-state index contributed by atoms with van der Waals surface area (Å²) in [7, 11) is 0. The van der Waals surface area contributed by atoms with Gasteiger partial charge in [-0.3, -0.25) is 4.79 Å². The Morgan fingerprint density at radius 1 is 1.17 bits per heavy atom. The number of benzene rings is 1. The van der Waals surface area contributed by atoms with E-state index in [1.165, 1.54) is 0 Å². The number of piperazine rings is 1. The number of amides is 1. The average molecular weight is 320 g/mol.